The van der Waals surface area contributed by atoms with Crippen molar-refractivity contribution in [3.05, 3.63) is 18.0 Å². The minimum absolute atomic E-state index is 0.951. The van der Waals surface area contributed by atoms with E-state index in [-0.39, 0.29) is 0 Å². The van der Waals surface area contributed by atoms with E-state index in [1.165, 1.54) is 31.2 Å². The van der Waals surface area contributed by atoms with E-state index in [9.17, 15) is 0 Å². The van der Waals surface area contributed by atoms with E-state index >= 15 is 0 Å². The molecule has 15 heavy (non-hydrogen) atoms. The third-order valence-electron chi connectivity index (χ3n) is 2.55. The van der Waals surface area contributed by atoms with Gasteiger partial charge < -0.3 is 5.32 Å². The number of aryl methyl sites for hydroxylation is 1. The first kappa shape index (κ1) is 12.2. The van der Waals surface area contributed by atoms with Crippen molar-refractivity contribution in [1.29, 1.82) is 0 Å². The summed E-state index contributed by atoms with van der Waals surface area (Å²) in [6.07, 6.45) is 9.35. The molecule has 0 saturated carbocycles. The lowest BCUT2D eigenvalue weighted by Gasteiger charge is -2.02. The van der Waals surface area contributed by atoms with Crippen LogP contribution in [-0.2, 0) is 13.1 Å². The van der Waals surface area contributed by atoms with Crippen LogP contribution >= 0.6 is 0 Å². The molecule has 0 saturated heterocycles. The maximum atomic E-state index is 4.24. The number of unbranched alkanes of at least 4 members (excludes halogenated alkanes) is 3. The van der Waals surface area contributed by atoms with E-state index in [2.05, 4.69) is 30.5 Å². The van der Waals surface area contributed by atoms with Crippen molar-refractivity contribution < 1.29 is 0 Å². The van der Waals surface area contributed by atoms with Crippen LogP contribution in [-0.4, -0.2) is 16.3 Å². The number of rotatable bonds is 8. The average molecular weight is 209 g/mol. The van der Waals surface area contributed by atoms with E-state index in [1.54, 1.807) is 0 Å². The Balaban J connectivity index is 2.04. The summed E-state index contributed by atoms with van der Waals surface area (Å²) in [7, 11) is 0. The van der Waals surface area contributed by atoms with Crippen LogP contribution in [0, 0.1) is 0 Å². The fourth-order valence-electron chi connectivity index (χ4n) is 1.58. The number of hydrogen-bond acceptors (Lipinski definition) is 2. The van der Waals surface area contributed by atoms with Gasteiger partial charge in [0.05, 0.1) is 6.20 Å². The zero-order valence-corrected chi connectivity index (χ0v) is 10.00. The van der Waals surface area contributed by atoms with Gasteiger partial charge in [0, 0.05) is 24.8 Å². The summed E-state index contributed by atoms with van der Waals surface area (Å²) in [4.78, 5) is 0. The van der Waals surface area contributed by atoms with Crippen LogP contribution < -0.4 is 5.32 Å². The standard InChI is InChI=1S/C12H23N3/c1-3-5-6-7-8-13-9-12-10-14-15(4-2)11-12/h10-11,13H,3-9H2,1-2H3. The predicted octanol–water partition coefficient (Wildman–Crippen LogP) is 2.57. The van der Waals surface area contributed by atoms with Gasteiger partial charge in [0.15, 0.2) is 0 Å². The van der Waals surface area contributed by atoms with E-state index in [1.807, 2.05) is 10.9 Å². The molecule has 1 rings (SSSR count). The van der Waals surface area contributed by atoms with Crippen LogP contribution in [0.2, 0.25) is 0 Å². The molecule has 1 N–H and O–H groups in total. The molecular weight excluding hydrogens is 186 g/mol. The molecule has 86 valence electrons. The van der Waals surface area contributed by atoms with Crippen LogP contribution in [0.5, 0.6) is 0 Å². The quantitative estimate of drug-likeness (QED) is 0.667. The number of nitrogens with one attached hydrogen (secondary N) is 1. The van der Waals surface area contributed by atoms with Gasteiger partial charge in [0.2, 0.25) is 0 Å². The molecule has 0 bridgehead atoms. The minimum atomic E-state index is 0.951. The molecule has 0 aromatic carbocycles. The van der Waals surface area contributed by atoms with Gasteiger partial charge in [0.25, 0.3) is 0 Å². The Bertz CT molecular complexity index is 255. The Kier molecular flexibility index (Phi) is 6.09. The van der Waals surface area contributed by atoms with Gasteiger partial charge in [-0.3, -0.25) is 4.68 Å². The maximum absolute atomic E-state index is 4.24. The molecule has 1 heterocycles. The van der Waals surface area contributed by atoms with Gasteiger partial charge in [-0.1, -0.05) is 26.2 Å². The van der Waals surface area contributed by atoms with Crippen molar-refractivity contribution >= 4 is 0 Å². The Hall–Kier alpha value is -0.830. The van der Waals surface area contributed by atoms with Gasteiger partial charge in [-0.25, -0.2) is 0 Å². The summed E-state index contributed by atoms with van der Waals surface area (Å²) in [5.74, 6) is 0. The normalized spacial score (nSPS) is 10.8. The molecule has 0 amide bonds. The first-order chi connectivity index (χ1) is 7.36. The topological polar surface area (TPSA) is 29.9 Å². The zero-order chi connectivity index (χ0) is 10.9. The highest BCUT2D eigenvalue weighted by atomic mass is 15.3. The Morgan fingerprint density at radius 3 is 2.80 bits per heavy atom. The van der Waals surface area contributed by atoms with E-state index < -0.39 is 0 Å². The summed E-state index contributed by atoms with van der Waals surface area (Å²) in [6, 6.07) is 0. The highest BCUT2D eigenvalue weighted by molar-refractivity contribution is 5.02. The molecule has 1 aromatic heterocycles. The second-order valence-corrected chi connectivity index (χ2v) is 3.94. The van der Waals surface area contributed by atoms with Gasteiger partial charge in [0.1, 0.15) is 0 Å². The summed E-state index contributed by atoms with van der Waals surface area (Å²) in [5, 5.41) is 7.68. The third-order valence-corrected chi connectivity index (χ3v) is 2.55. The van der Waals surface area contributed by atoms with E-state index in [0.29, 0.717) is 0 Å². The molecule has 1 aromatic rings. The molecule has 0 aliphatic heterocycles. The summed E-state index contributed by atoms with van der Waals surface area (Å²) < 4.78 is 1.97. The molecule has 3 heteroatoms. The van der Waals surface area contributed by atoms with Gasteiger partial charge >= 0.3 is 0 Å². The molecule has 0 aliphatic carbocycles. The maximum Gasteiger partial charge on any atom is 0.0534 e. The predicted molar refractivity (Wildman–Crippen MR) is 63.7 cm³/mol. The van der Waals surface area contributed by atoms with Crippen LogP contribution in [0.3, 0.4) is 0 Å². The Morgan fingerprint density at radius 1 is 1.27 bits per heavy atom. The fourth-order valence-corrected chi connectivity index (χ4v) is 1.58. The lowest BCUT2D eigenvalue weighted by molar-refractivity contribution is 0.597. The van der Waals surface area contributed by atoms with Gasteiger partial charge in [-0.2, -0.15) is 5.10 Å². The summed E-state index contributed by atoms with van der Waals surface area (Å²) in [6.45, 7) is 7.38. The monoisotopic (exact) mass is 209 g/mol. The number of aromatic nitrogens is 2. The lowest BCUT2D eigenvalue weighted by Crippen LogP contribution is -2.14. The molecule has 0 unspecified atom stereocenters. The van der Waals surface area contributed by atoms with Crippen molar-refractivity contribution in [2.75, 3.05) is 6.54 Å². The lowest BCUT2D eigenvalue weighted by atomic mass is 10.2. The van der Waals surface area contributed by atoms with E-state index in [4.69, 9.17) is 0 Å². The first-order valence-corrected chi connectivity index (χ1v) is 6.08. The number of hydrogen-bond donors (Lipinski definition) is 1. The molecular formula is C12H23N3. The smallest absolute Gasteiger partial charge is 0.0534 e. The molecule has 0 radical (unpaired) electrons. The summed E-state index contributed by atoms with van der Waals surface area (Å²) >= 11 is 0. The zero-order valence-electron chi connectivity index (χ0n) is 10.00. The van der Waals surface area contributed by atoms with Crippen LogP contribution in [0.1, 0.15) is 45.1 Å². The Labute approximate surface area is 92.9 Å². The first-order valence-electron chi connectivity index (χ1n) is 6.08. The highest BCUT2D eigenvalue weighted by Gasteiger charge is 1.96. The SMILES string of the molecule is CCCCCCNCc1cnn(CC)c1. The minimum Gasteiger partial charge on any atom is -0.313 e. The Morgan fingerprint density at radius 2 is 2.13 bits per heavy atom. The summed E-state index contributed by atoms with van der Waals surface area (Å²) in [5.41, 5.74) is 1.28. The van der Waals surface area contributed by atoms with Crippen LogP contribution in [0.4, 0.5) is 0 Å². The largest absolute Gasteiger partial charge is 0.313 e. The van der Waals surface area contributed by atoms with Gasteiger partial charge in [-0.05, 0) is 19.9 Å². The highest BCUT2D eigenvalue weighted by Crippen LogP contribution is 1.99. The molecule has 0 fully saturated rings. The third kappa shape index (κ3) is 4.98. The average Bonchev–Trinajstić information content (AvgIpc) is 2.71. The fraction of sp³-hybridized carbons (Fsp3) is 0.750. The van der Waals surface area contributed by atoms with Crippen molar-refractivity contribution in [2.24, 2.45) is 0 Å². The van der Waals surface area contributed by atoms with Crippen molar-refractivity contribution in [3.8, 4) is 0 Å². The molecule has 0 aliphatic rings. The van der Waals surface area contributed by atoms with Gasteiger partial charge in [-0.15, -0.1) is 0 Å². The molecule has 0 spiro atoms. The van der Waals surface area contributed by atoms with Crippen molar-refractivity contribution in [1.82, 2.24) is 15.1 Å². The van der Waals surface area contributed by atoms with Crippen molar-refractivity contribution in [2.45, 2.75) is 52.6 Å². The second-order valence-electron chi connectivity index (χ2n) is 3.94. The van der Waals surface area contributed by atoms with E-state index in [0.717, 1.165) is 19.6 Å². The molecule has 0 atom stereocenters. The van der Waals surface area contributed by atoms with Crippen LogP contribution in [0.15, 0.2) is 12.4 Å². The molecule has 3 nitrogen and oxygen atoms in total. The van der Waals surface area contributed by atoms with Crippen LogP contribution in [0.25, 0.3) is 0 Å². The van der Waals surface area contributed by atoms with Crippen molar-refractivity contribution in [3.63, 3.8) is 0 Å². The number of nitrogens with zero attached hydrogens (tertiary/aromatic N) is 2. The second kappa shape index (κ2) is 7.46.